The summed E-state index contributed by atoms with van der Waals surface area (Å²) in [5.41, 5.74) is 7.13. The van der Waals surface area contributed by atoms with Gasteiger partial charge in [0, 0.05) is 16.8 Å². The van der Waals surface area contributed by atoms with E-state index in [1.807, 2.05) is 19.1 Å². The molecular weight excluding hydrogens is 280 g/mol. The number of allylic oxidation sites excluding steroid dienone is 4. The summed E-state index contributed by atoms with van der Waals surface area (Å²) < 4.78 is 1.70. The Morgan fingerprint density at radius 2 is 2.32 bits per heavy atom. The highest BCUT2D eigenvalue weighted by molar-refractivity contribution is 8.03. The Balaban J connectivity index is 2.40. The third-order valence-electron chi connectivity index (χ3n) is 2.30. The van der Waals surface area contributed by atoms with Crippen LogP contribution in [0.5, 0.6) is 0 Å². The Kier molecular flexibility index (Phi) is 4.29. The van der Waals surface area contributed by atoms with E-state index in [1.54, 1.807) is 22.9 Å². The number of rotatable bonds is 4. The molecule has 0 fully saturated rings. The summed E-state index contributed by atoms with van der Waals surface area (Å²) in [6.07, 6.45) is 8.76. The lowest BCUT2D eigenvalue weighted by molar-refractivity contribution is 0.866. The molecule has 0 bridgehead atoms. The van der Waals surface area contributed by atoms with E-state index in [0.29, 0.717) is 5.02 Å². The number of hydrogen-bond acceptors (Lipinski definition) is 4. The smallest absolute Gasteiger partial charge is 0.137 e. The summed E-state index contributed by atoms with van der Waals surface area (Å²) in [5, 5.41) is 5.50. The van der Waals surface area contributed by atoms with E-state index in [-0.39, 0.29) is 0 Å². The van der Waals surface area contributed by atoms with E-state index in [9.17, 15) is 0 Å². The Labute approximate surface area is 120 Å². The van der Waals surface area contributed by atoms with Crippen LogP contribution in [0.25, 0.3) is 5.52 Å². The van der Waals surface area contributed by atoms with Gasteiger partial charge in [0.2, 0.25) is 0 Å². The zero-order chi connectivity index (χ0) is 13.8. The Hall–Kier alpha value is -1.72. The molecule has 0 atom stereocenters. The van der Waals surface area contributed by atoms with E-state index in [4.69, 9.17) is 17.3 Å². The SMILES string of the molecule is C=C/C(=C\C=C(/C)N)Sc1ncnn2ccc(Cl)c12. The number of aromatic nitrogens is 3. The summed E-state index contributed by atoms with van der Waals surface area (Å²) in [6.45, 7) is 5.61. The Morgan fingerprint density at radius 3 is 3.00 bits per heavy atom. The summed E-state index contributed by atoms with van der Waals surface area (Å²) in [7, 11) is 0. The molecule has 0 saturated carbocycles. The second kappa shape index (κ2) is 5.95. The van der Waals surface area contributed by atoms with Crippen LogP contribution in [0.1, 0.15) is 6.92 Å². The van der Waals surface area contributed by atoms with Gasteiger partial charge < -0.3 is 5.73 Å². The summed E-state index contributed by atoms with van der Waals surface area (Å²) in [4.78, 5) is 5.19. The molecule has 0 aliphatic rings. The molecule has 2 heterocycles. The predicted molar refractivity (Wildman–Crippen MR) is 80.1 cm³/mol. The minimum absolute atomic E-state index is 0.622. The lowest BCUT2D eigenvalue weighted by Crippen LogP contribution is -1.93. The molecule has 2 rings (SSSR count). The highest BCUT2D eigenvalue weighted by Crippen LogP contribution is 2.32. The maximum Gasteiger partial charge on any atom is 0.137 e. The van der Waals surface area contributed by atoms with Gasteiger partial charge in [0.25, 0.3) is 0 Å². The summed E-state index contributed by atoms with van der Waals surface area (Å²) in [5.74, 6) is 0. The third-order valence-corrected chi connectivity index (χ3v) is 3.63. The fourth-order valence-electron chi connectivity index (χ4n) is 1.43. The van der Waals surface area contributed by atoms with Crippen molar-refractivity contribution in [2.45, 2.75) is 11.9 Å². The molecule has 0 amide bonds. The van der Waals surface area contributed by atoms with Gasteiger partial charge in [0.15, 0.2) is 0 Å². The van der Waals surface area contributed by atoms with Gasteiger partial charge in [0.05, 0.1) is 5.02 Å². The largest absolute Gasteiger partial charge is 0.402 e. The molecule has 98 valence electrons. The van der Waals surface area contributed by atoms with Crippen molar-refractivity contribution in [3.8, 4) is 0 Å². The fourth-order valence-corrected chi connectivity index (χ4v) is 2.57. The molecule has 0 radical (unpaired) electrons. The molecule has 0 spiro atoms. The van der Waals surface area contributed by atoms with Crippen LogP contribution in [0.3, 0.4) is 0 Å². The van der Waals surface area contributed by atoms with Gasteiger partial charge in [-0.2, -0.15) is 5.10 Å². The van der Waals surface area contributed by atoms with Crippen molar-refractivity contribution < 1.29 is 0 Å². The van der Waals surface area contributed by atoms with Crippen molar-refractivity contribution in [2.75, 3.05) is 0 Å². The number of halogens is 1. The molecule has 0 saturated heterocycles. The lowest BCUT2D eigenvalue weighted by Gasteiger charge is -2.03. The van der Waals surface area contributed by atoms with Gasteiger partial charge in [0.1, 0.15) is 16.9 Å². The topological polar surface area (TPSA) is 56.2 Å². The minimum Gasteiger partial charge on any atom is -0.402 e. The lowest BCUT2D eigenvalue weighted by atomic mass is 10.4. The summed E-state index contributed by atoms with van der Waals surface area (Å²) >= 11 is 7.61. The maximum absolute atomic E-state index is 6.14. The second-order valence-corrected chi connectivity index (χ2v) is 5.28. The van der Waals surface area contributed by atoms with Crippen LogP contribution >= 0.6 is 23.4 Å². The van der Waals surface area contributed by atoms with Crippen LogP contribution in [-0.4, -0.2) is 14.6 Å². The number of nitrogens with zero attached hydrogens (tertiary/aromatic N) is 3. The van der Waals surface area contributed by atoms with Crippen LogP contribution in [0.2, 0.25) is 5.02 Å². The van der Waals surface area contributed by atoms with Crippen molar-refractivity contribution in [3.05, 3.63) is 59.0 Å². The zero-order valence-corrected chi connectivity index (χ0v) is 11.9. The number of hydrogen-bond donors (Lipinski definition) is 1. The van der Waals surface area contributed by atoms with Crippen LogP contribution < -0.4 is 5.73 Å². The normalized spacial score (nSPS) is 12.9. The average Bonchev–Trinajstić information content (AvgIpc) is 2.77. The minimum atomic E-state index is 0.622. The summed E-state index contributed by atoms with van der Waals surface area (Å²) in [6, 6.07) is 1.79. The fraction of sp³-hybridized carbons (Fsp3) is 0.0769. The van der Waals surface area contributed by atoms with Crippen LogP contribution in [-0.2, 0) is 0 Å². The van der Waals surface area contributed by atoms with Gasteiger partial charge in [-0.15, -0.1) is 0 Å². The van der Waals surface area contributed by atoms with Gasteiger partial charge in [-0.25, -0.2) is 9.50 Å². The van der Waals surface area contributed by atoms with Crippen molar-refractivity contribution in [1.82, 2.24) is 14.6 Å². The first kappa shape index (κ1) is 13.7. The Morgan fingerprint density at radius 1 is 1.53 bits per heavy atom. The first-order valence-corrected chi connectivity index (χ1v) is 6.73. The van der Waals surface area contributed by atoms with E-state index < -0.39 is 0 Å². The first-order chi connectivity index (χ1) is 9.11. The van der Waals surface area contributed by atoms with Gasteiger partial charge in [-0.1, -0.05) is 36.0 Å². The highest BCUT2D eigenvalue weighted by atomic mass is 35.5. The predicted octanol–water partition coefficient (Wildman–Crippen LogP) is 3.41. The molecule has 0 aliphatic heterocycles. The molecular formula is C13H13ClN4S. The van der Waals surface area contributed by atoms with E-state index in [2.05, 4.69) is 16.7 Å². The van der Waals surface area contributed by atoms with Crippen molar-refractivity contribution in [1.29, 1.82) is 0 Å². The van der Waals surface area contributed by atoms with Crippen molar-refractivity contribution >= 4 is 28.9 Å². The van der Waals surface area contributed by atoms with Crippen LogP contribution in [0, 0.1) is 0 Å². The van der Waals surface area contributed by atoms with E-state index in [0.717, 1.165) is 21.1 Å². The average molecular weight is 293 g/mol. The first-order valence-electron chi connectivity index (χ1n) is 5.54. The third kappa shape index (κ3) is 3.19. The number of nitrogens with two attached hydrogens (primary N) is 1. The Bertz CT molecular complexity index is 668. The highest BCUT2D eigenvalue weighted by Gasteiger charge is 2.09. The molecule has 2 aromatic heterocycles. The number of thioether (sulfide) groups is 1. The van der Waals surface area contributed by atoms with Crippen LogP contribution in [0.4, 0.5) is 0 Å². The van der Waals surface area contributed by atoms with Gasteiger partial charge in [-0.05, 0) is 25.1 Å². The molecule has 6 heteroatoms. The van der Waals surface area contributed by atoms with E-state index in [1.165, 1.54) is 18.1 Å². The quantitative estimate of drug-likeness (QED) is 0.693. The van der Waals surface area contributed by atoms with Crippen LogP contribution in [0.15, 0.2) is 59.0 Å². The second-order valence-electron chi connectivity index (χ2n) is 3.81. The zero-order valence-electron chi connectivity index (χ0n) is 10.4. The molecule has 2 N–H and O–H groups in total. The molecule has 2 aromatic rings. The van der Waals surface area contributed by atoms with Gasteiger partial charge >= 0.3 is 0 Å². The number of fused-ring (bicyclic) bond motifs is 1. The van der Waals surface area contributed by atoms with Crippen molar-refractivity contribution in [3.63, 3.8) is 0 Å². The molecule has 0 aliphatic carbocycles. The molecule has 19 heavy (non-hydrogen) atoms. The molecule has 0 aromatic carbocycles. The maximum atomic E-state index is 6.14. The van der Waals surface area contributed by atoms with E-state index >= 15 is 0 Å². The van der Waals surface area contributed by atoms with Crippen molar-refractivity contribution in [2.24, 2.45) is 5.73 Å². The monoisotopic (exact) mass is 292 g/mol. The van der Waals surface area contributed by atoms with Gasteiger partial charge in [-0.3, -0.25) is 0 Å². The molecule has 0 unspecified atom stereocenters. The standard InChI is InChI=1S/C13H13ClN4S/c1-3-10(5-4-9(2)15)19-13-12-11(14)6-7-18(12)17-8-16-13/h3-8H,1,15H2,2H3/b9-4+,10-5+. The molecule has 4 nitrogen and oxygen atoms in total.